The van der Waals surface area contributed by atoms with E-state index in [0.29, 0.717) is 35.7 Å². The highest BCUT2D eigenvalue weighted by molar-refractivity contribution is 6.46. The molecule has 8 nitrogen and oxygen atoms in total. The number of likely N-dealkylation sites (N-methyl/N-ethyl adjacent to an activating group) is 1. The average molecular weight is 395 g/mol. The zero-order chi connectivity index (χ0) is 20.5. The van der Waals surface area contributed by atoms with Gasteiger partial charge < -0.3 is 24.4 Å². The van der Waals surface area contributed by atoms with Crippen molar-refractivity contribution in [3.63, 3.8) is 0 Å². The van der Waals surface area contributed by atoms with Crippen molar-refractivity contribution in [2.45, 2.75) is 6.04 Å². The fourth-order valence-electron chi connectivity index (χ4n) is 3.50. The minimum Gasteiger partial charge on any atom is -0.507 e. The van der Waals surface area contributed by atoms with Crippen LogP contribution in [0.25, 0.3) is 5.76 Å². The van der Waals surface area contributed by atoms with E-state index in [4.69, 9.17) is 9.47 Å². The second-order valence-electron chi connectivity index (χ2n) is 7.15. The Morgan fingerprint density at radius 1 is 1.24 bits per heavy atom. The molecule has 1 aromatic carbocycles. The second kappa shape index (κ2) is 7.56. The van der Waals surface area contributed by atoms with E-state index in [1.54, 1.807) is 42.7 Å². The van der Waals surface area contributed by atoms with Crippen molar-refractivity contribution in [1.29, 1.82) is 0 Å². The summed E-state index contributed by atoms with van der Waals surface area (Å²) in [6, 6.07) is 7.72. The lowest BCUT2D eigenvalue weighted by Crippen LogP contribution is -2.35. The lowest BCUT2D eigenvalue weighted by Gasteiger charge is -2.26. The van der Waals surface area contributed by atoms with E-state index >= 15 is 0 Å². The number of Topliss-reactive ketones (excluding diaryl/α,β-unsaturated/α-hetero) is 1. The number of benzene rings is 1. The van der Waals surface area contributed by atoms with E-state index in [9.17, 15) is 14.7 Å². The van der Waals surface area contributed by atoms with E-state index in [2.05, 4.69) is 4.98 Å². The van der Waals surface area contributed by atoms with Gasteiger partial charge in [-0.2, -0.15) is 0 Å². The molecule has 2 aliphatic heterocycles. The molecule has 1 atom stereocenters. The molecule has 0 aliphatic carbocycles. The van der Waals surface area contributed by atoms with Crippen LogP contribution in [0.5, 0.6) is 11.5 Å². The molecular weight excluding hydrogens is 374 g/mol. The summed E-state index contributed by atoms with van der Waals surface area (Å²) in [6.45, 7) is 1.02. The molecule has 3 heterocycles. The van der Waals surface area contributed by atoms with Crippen molar-refractivity contribution in [2.75, 3.05) is 34.0 Å². The van der Waals surface area contributed by atoms with Gasteiger partial charge in [-0.1, -0.05) is 6.07 Å². The lowest BCUT2D eigenvalue weighted by molar-refractivity contribution is -0.140. The number of ether oxygens (including phenoxy) is 2. The summed E-state index contributed by atoms with van der Waals surface area (Å²) in [6.07, 6.45) is 3.22. The molecule has 1 aromatic heterocycles. The number of aliphatic hydroxyl groups excluding tert-OH is 1. The zero-order valence-electron chi connectivity index (χ0n) is 16.2. The summed E-state index contributed by atoms with van der Waals surface area (Å²) in [5, 5.41) is 11.0. The van der Waals surface area contributed by atoms with Gasteiger partial charge in [-0.3, -0.25) is 14.6 Å². The summed E-state index contributed by atoms with van der Waals surface area (Å²) in [7, 11) is 3.78. The summed E-state index contributed by atoms with van der Waals surface area (Å²) in [4.78, 5) is 33.2. The molecule has 150 valence electrons. The number of aliphatic hydroxyl groups is 1. The van der Waals surface area contributed by atoms with Crippen LogP contribution < -0.4 is 9.47 Å². The minimum absolute atomic E-state index is 0.0422. The normalized spacial score (nSPS) is 20.0. The number of amides is 1. The first-order valence-corrected chi connectivity index (χ1v) is 9.20. The Kier molecular flexibility index (Phi) is 4.94. The monoisotopic (exact) mass is 395 g/mol. The number of carbonyl (C=O) groups excluding carboxylic acids is 2. The number of pyridine rings is 1. The van der Waals surface area contributed by atoms with Crippen molar-refractivity contribution < 1.29 is 24.2 Å². The molecule has 0 spiro atoms. The molecule has 1 fully saturated rings. The topological polar surface area (TPSA) is 92.2 Å². The van der Waals surface area contributed by atoms with Crippen molar-refractivity contribution in [3.05, 3.63) is 59.4 Å². The van der Waals surface area contributed by atoms with E-state index in [1.165, 1.54) is 4.90 Å². The quantitative estimate of drug-likeness (QED) is 0.469. The smallest absolute Gasteiger partial charge is 0.295 e. The first kappa shape index (κ1) is 18.9. The van der Waals surface area contributed by atoms with Crippen LogP contribution in [0.4, 0.5) is 0 Å². The molecule has 8 heteroatoms. The van der Waals surface area contributed by atoms with E-state index < -0.39 is 17.7 Å². The highest BCUT2D eigenvalue weighted by Crippen LogP contribution is 2.41. The van der Waals surface area contributed by atoms with Gasteiger partial charge in [-0.15, -0.1) is 0 Å². The van der Waals surface area contributed by atoms with Crippen molar-refractivity contribution >= 4 is 17.4 Å². The molecule has 0 bridgehead atoms. The maximum absolute atomic E-state index is 12.9. The van der Waals surface area contributed by atoms with E-state index in [0.717, 1.165) is 0 Å². The number of hydrogen-bond donors (Lipinski definition) is 1. The molecule has 1 N–H and O–H groups in total. The SMILES string of the molecule is CN(C)CCN1C(=O)C(=O)/C(=C(/O)c2ccc3c(c2)OCO3)C1c1cccnc1. The third-order valence-corrected chi connectivity index (χ3v) is 4.97. The molecule has 2 aromatic rings. The number of carbonyl (C=O) groups is 2. The number of nitrogens with zero attached hydrogens (tertiary/aromatic N) is 3. The van der Waals surface area contributed by atoms with Gasteiger partial charge in [0, 0.05) is 31.0 Å². The van der Waals surface area contributed by atoms with E-state index in [1.807, 2.05) is 19.0 Å². The number of aromatic nitrogens is 1. The second-order valence-corrected chi connectivity index (χ2v) is 7.15. The van der Waals surface area contributed by atoms with Crippen LogP contribution in [-0.4, -0.2) is 65.6 Å². The third-order valence-electron chi connectivity index (χ3n) is 4.97. The van der Waals surface area contributed by atoms with Crippen molar-refractivity contribution in [1.82, 2.24) is 14.8 Å². The molecule has 2 aliphatic rings. The zero-order valence-corrected chi connectivity index (χ0v) is 16.2. The van der Waals surface area contributed by atoms with Gasteiger partial charge in [0.25, 0.3) is 11.7 Å². The molecule has 1 amide bonds. The Hall–Kier alpha value is -3.39. The lowest BCUT2D eigenvalue weighted by atomic mass is 9.96. The number of likely N-dealkylation sites (tertiary alicyclic amines) is 1. The van der Waals surface area contributed by atoms with Gasteiger partial charge in [0.15, 0.2) is 11.5 Å². The van der Waals surface area contributed by atoms with Crippen LogP contribution in [0.15, 0.2) is 48.3 Å². The Morgan fingerprint density at radius 3 is 2.76 bits per heavy atom. The van der Waals surface area contributed by atoms with Gasteiger partial charge in [-0.25, -0.2) is 0 Å². The fraction of sp³-hybridized carbons (Fsp3) is 0.286. The van der Waals surface area contributed by atoms with Crippen LogP contribution in [0, 0.1) is 0 Å². The highest BCUT2D eigenvalue weighted by Gasteiger charge is 2.46. The van der Waals surface area contributed by atoms with Crippen LogP contribution >= 0.6 is 0 Å². The predicted octanol–water partition coefficient (Wildman–Crippen LogP) is 1.79. The Morgan fingerprint density at radius 2 is 2.03 bits per heavy atom. The first-order valence-electron chi connectivity index (χ1n) is 9.20. The molecule has 0 radical (unpaired) electrons. The van der Waals surface area contributed by atoms with Gasteiger partial charge in [-0.05, 0) is 43.9 Å². The van der Waals surface area contributed by atoms with Gasteiger partial charge in [0.2, 0.25) is 6.79 Å². The predicted molar refractivity (Wildman–Crippen MR) is 104 cm³/mol. The molecule has 29 heavy (non-hydrogen) atoms. The highest BCUT2D eigenvalue weighted by atomic mass is 16.7. The van der Waals surface area contributed by atoms with Crippen LogP contribution in [0.3, 0.4) is 0 Å². The minimum atomic E-state index is -0.715. The Labute approximate surface area is 168 Å². The number of ketones is 1. The molecule has 4 rings (SSSR count). The molecule has 1 unspecified atom stereocenters. The summed E-state index contributed by atoms with van der Waals surface area (Å²) in [5.41, 5.74) is 1.09. The summed E-state index contributed by atoms with van der Waals surface area (Å²) < 4.78 is 10.7. The van der Waals surface area contributed by atoms with Gasteiger partial charge in [0.05, 0.1) is 11.6 Å². The summed E-state index contributed by atoms with van der Waals surface area (Å²) in [5.74, 6) is -0.552. The maximum atomic E-state index is 12.9. The van der Waals surface area contributed by atoms with Gasteiger partial charge in [0.1, 0.15) is 5.76 Å². The van der Waals surface area contributed by atoms with Gasteiger partial charge >= 0.3 is 0 Å². The number of rotatable bonds is 5. The largest absolute Gasteiger partial charge is 0.507 e. The van der Waals surface area contributed by atoms with Crippen molar-refractivity contribution in [2.24, 2.45) is 0 Å². The Balaban J connectivity index is 1.81. The standard InChI is InChI=1S/C21H21N3O5/c1-23(2)8-9-24-18(14-4-3-7-22-11-14)17(20(26)21(24)27)19(25)13-5-6-15-16(10-13)29-12-28-15/h3-7,10-11,18,25H,8-9,12H2,1-2H3/b19-17+. The van der Waals surface area contributed by atoms with Crippen LogP contribution in [0.2, 0.25) is 0 Å². The van der Waals surface area contributed by atoms with E-state index in [-0.39, 0.29) is 18.1 Å². The molecular formula is C21H21N3O5. The fourth-order valence-corrected chi connectivity index (χ4v) is 3.50. The van der Waals surface area contributed by atoms with Crippen molar-refractivity contribution in [3.8, 4) is 11.5 Å². The first-order chi connectivity index (χ1) is 14.0. The number of fused-ring (bicyclic) bond motifs is 1. The maximum Gasteiger partial charge on any atom is 0.295 e. The summed E-state index contributed by atoms with van der Waals surface area (Å²) >= 11 is 0. The van der Waals surface area contributed by atoms with Crippen LogP contribution in [-0.2, 0) is 9.59 Å². The third kappa shape index (κ3) is 3.42. The molecule has 0 saturated carbocycles. The van der Waals surface area contributed by atoms with Crippen LogP contribution in [0.1, 0.15) is 17.2 Å². The number of hydrogen-bond acceptors (Lipinski definition) is 7. The Bertz CT molecular complexity index is 987. The molecule has 1 saturated heterocycles. The average Bonchev–Trinajstić information content (AvgIpc) is 3.29.